The van der Waals surface area contributed by atoms with Crippen LogP contribution in [0.1, 0.15) is 0 Å². The van der Waals surface area contributed by atoms with E-state index in [2.05, 4.69) is 4.40 Å². The zero-order chi connectivity index (χ0) is 18.0. The summed E-state index contributed by atoms with van der Waals surface area (Å²) in [6.45, 7) is 0. The van der Waals surface area contributed by atoms with Crippen LogP contribution in [0.3, 0.4) is 0 Å². The quantitative estimate of drug-likeness (QED) is 0.592. The van der Waals surface area contributed by atoms with Crippen molar-refractivity contribution in [3.63, 3.8) is 0 Å². The summed E-state index contributed by atoms with van der Waals surface area (Å²) in [7, 11) is -8.47. The first-order valence-corrected chi connectivity index (χ1v) is 9.94. The third-order valence-corrected chi connectivity index (χ3v) is 6.34. The summed E-state index contributed by atoms with van der Waals surface area (Å²) >= 11 is 11.6. The minimum atomic E-state index is -4.28. The normalized spacial score (nSPS) is 12.8. The molecule has 24 heavy (non-hydrogen) atoms. The van der Waals surface area contributed by atoms with Gasteiger partial charge in [-0.25, -0.2) is 13.1 Å². The lowest BCUT2D eigenvalue weighted by Gasteiger charge is -2.09. The van der Waals surface area contributed by atoms with E-state index < -0.39 is 26.0 Å². The summed E-state index contributed by atoms with van der Waals surface area (Å²) in [6.07, 6.45) is 0. The fourth-order valence-electron chi connectivity index (χ4n) is 1.71. The second-order valence-electron chi connectivity index (χ2n) is 4.42. The fraction of sp³-hybridized carbons (Fsp3) is 0. The van der Waals surface area contributed by atoms with Gasteiger partial charge < -0.3 is 5.73 Å². The monoisotopic (exact) mass is 407 g/mol. The predicted molar refractivity (Wildman–Crippen MR) is 92.0 cm³/mol. The van der Waals surface area contributed by atoms with Crippen molar-refractivity contribution in [2.24, 2.45) is 10.1 Å². The van der Waals surface area contributed by atoms with Crippen LogP contribution in [0.5, 0.6) is 0 Å². The first-order valence-electron chi connectivity index (χ1n) is 6.26. The van der Waals surface area contributed by atoms with Crippen molar-refractivity contribution in [3.8, 4) is 0 Å². The fourth-order valence-corrected chi connectivity index (χ4v) is 4.61. The first kappa shape index (κ1) is 18.5. The van der Waals surface area contributed by atoms with Gasteiger partial charge in [-0.1, -0.05) is 47.5 Å². The van der Waals surface area contributed by atoms with Crippen molar-refractivity contribution in [1.29, 1.82) is 0 Å². The molecular weight excluding hydrogens is 397 g/mol. The van der Waals surface area contributed by atoms with Crippen molar-refractivity contribution in [2.45, 2.75) is 9.79 Å². The molecule has 0 aliphatic carbocycles. The number of rotatable bonds is 4. The van der Waals surface area contributed by atoms with Gasteiger partial charge in [-0.05, 0) is 24.3 Å². The molecule has 0 unspecified atom stereocenters. The number of hydrogen-bond acceptors (Lipinski definition) is 4. The highest BCUT2D eigenvalue weighted by molar-refractivity contribution is 7.91. The lowest BCUT2D eigenvalue weighted by Crippen LogP contribution is -2.37. The van der Waals surface area contributed by atoms with Gasteiger partial charge in [0.15, 0.2) is 0 Å². The predicted octanol–water partition coefficient (Wildman–Crippen LogP) is 1.98. The number of benzene rings is 2. The summed E-state index contributed by atoms with van der Waals surface area (Å²) in [4.78, 5) is -0.563. The van der Waals surface area contributed by atoms with E-state index >= 15 is 0 Å². The summed E-state index contributed by atoms with van der Waals surface area (Å²) in [5, 5.41) is -0.116. The van der Waals surface area contributed by atoms with Crippen LogP contribution in [-0.4, -0.2) is 22.8 Å². The Labute approximate surface area is 149 Å². The maximum atomic E-state index is 12.2. The average molecular weight is 408 g/mol. The van der Waals surface area contributed by atoms with Gasteiger partial charge in [0.2, 0.25) is 5.96 Å². The van der Waals surface area contributed by atoms with Crippen LogP contribution in [-0.2, 0) is 20.0 Å². The Hall–Kier alpha value is -1.81. The molecule has 0 bridgehead atoms. The molecule has 11 heteroatoms. The second-order valence-corrected chi connectivity index (χ2v) is 8.46. The molecule has 0 radical (unpaired) electrons. The van der Waals surface area contributed by atoms with Gasteiger partial charge in [0.25, 0.3) is 20.0 Å². The number of guanidine groups is 1. The van der Waals surface area contributed by atoms with E-state index in [9.17, 15) is 16.8 Å². The maximum absolute atomic E-state index is 12.2. The molecule has 128 valence electrons. The van der Waals surface area contributed by atoms with Crippen LogP contribution < -0.4 is 10.5 Å². The lowest BCUT2D eigenvalue weighted by molar-refractivity contribution is 0.592. The van der Waals surface area contributed by atoms with Gasteiger partial charge in [0, 0.05) is 0 Å². The first-order chi connectivity index (χ1) is 11.1. The third-order valence-electron chi connectivity index (χ3n) is 2.70. The van der Waals surface area contributed by atoms with E-state index in [0.29, 0.717) is 0 Å². The molecule has 0 saturated carbocycles. The zero-order valence-electron chi connectivity index (χ0n) is 11.8. The van der Waals surface area contributed by atoms with Crippen LogP contribution in [0.25, 0.3) is 0 Å². The molecule has 0 heterocycles. The van der Waals surface area contributed by atoms with E-state index in [1.165, 1.54) is 42.5 Å². The molecule has 0 aliphatic heterocycles. The molecule has 0 fully saturated rings. The number of hydrogen-bond donors (Lipinski definition) is 2. The highest BCUT2D eigenvalue weighted by Gasteiger charge is 2.21. The largest absolute Gasteiger partial charge is 0.368 e. The average Bonchev–Trinajstić information content (AvgIpc) is 2.46. The van der Waals surface area contributed by atoms with E-state index in [0.717, 1.165) is 0 Å². The third kappa shape index (κ3) is 4.18. The molecule has 2 aromatic rings. The van der Waals surface area contributed by atoms with Crippen LogP contribution in [0, 0.1) is 0 Å². The molecule has 0 amide bonds. The number of nitrogens with zero attached hydrogens (tertiary/aromatic N) is 1. The topological polar surface area (TPSA) is 119 Å². The van der Waals surface area contributed by atoms with Crippen molar-refractivity contribution in [3.05, 3.63) is 58.6 Å². The molecule has 0 aromatic heterocycles. The minimum absolute atomic E-state index is 0.0493. The van der Waals surface area contributed by atoms with Gasteiger partial charge in [-0.15, -0.1) is 4.40 Å². The summed E-state index contributed by atoms with van der Waals surface area (Å²) in [6, 6.07) is 11.2. The van der Waals surface area contributed by atoms with E-state index in [4.69, 9.17) is 28.9 Å². The van der Waals surface area contributed by atoms with Gasteiger partial charge >= 0.3 is 0 Å². The summed E-state index contributed by atoms with van der Waals surface area (Å²) in [5.74, 6) is -0.838. The second kappa shape index (κ2) is 6.98. The highest BCUT2D eigenvalue weighted by atomic mass is 35.5. The zero-order valence-corrected chi connectivity index (χ0v) is 15.0. The molecule has 7 nitrogen and oxygen atoms in total. The van der Waals surface area contributed by atoms with E-state index in [1.54, 1.807) is 6.07 Å². The Morgan fingerprint density at radius 2 is 1.33 bits per heavy atom. The Balaban J connectivity index is 2.36. The van der Waals surface area contributed by atoms with Gasteiger partial charge in [-0.3, -0.25) is 0 Å². The van der Waals surface area contributed by atoms with Gasteiger partial charge in [-0.2, -0.15) is 8.42 Å². The summed E-state index contributed by atoms with van der Waals surface area (Å²) in [5.41, 5.74) is 5.42. The van der Waals surface area contributed by atoms with Gasteiger partial charge in [0.05, 0.1) is 10.0 Å². The van der Waals surface area contributed by atoms with Crippen LogP contribution in [0.4, 0.5) is 0 Å². The molecular formula is C13H11Cl2N3O4S2. The molecule has 2 aromatic carbocycles. The molecule has 2 rings (SSSR count). The SMILES string of the molecule is NC(=NS(=O)(=O)c1ccccc1Cl)NS(=O)(=O)c1ccccc1Cl. The van der Waals surface area contributed by atoms with Crippen LogP contribution in [0.15, 0.2) is 62.7 Å². The van der Waals surface area contributed by atoms with Crippen molar-refractivity contribution >= 4 is 49.2 Å². The lowest BCUT2D eigenvalue weighted by atomic mass is 10.4. The van der Waals surface area contributed by atoms with E-state index in [-0.39, 0.29) is 19.8 Å². The molecule has 0 atom stereocenters. The van der Waals surface area contributed by atoms with Crippen molar-refractivity contribution in [2.75, 3.05) is 0 Å². The Bertz CT molecular complexity index is 1010. The molecule has 0 saturated heterocycles. The standard InChI is InChI=1S/C13H11Cl2N3O4S2/c14-9-5-1-3-7-11(9)23(19,20)17-13(16)18-24(21,22)12-8-4-2-6-10(12)15/h1-8H,(H3,16,17,18). The number of nitrogens with one attached hydrogen (secondary N) is 1. The van der Waals surface area contributed by atoms with Crippen molar-refractivity contribution < 1.29 is 16.8 Å². The Kier molecular flexibility index (Phi) is 5.38. The molecule has 3 N–H and O–H groups in total. The maximum Gasteiger partial charge on any atom is 0.287 e. The highest BCUT2D eigenvalue weighted by Crippen LogP contribution is 2.23. The number of sulfonamides is 2. The van der Waals surface area contributed by atoms with E-state index in [1.807, 2.05) is 4.72 Å². The molecule has 0 spiro atoms. The smallest absolute Gasteiger partial charge is 0.287 e. The number of nitrogens with two attached hydrogens (primary N) is 1. The Morgan fingerprint density at radius 3 is 1.83 bits per heavy atom. The molecule has 0 aliphatic rings. The van der Waals surface area contributed by atoms with Crippen LogP contribution in [0.2, 0.25) is 10.0 Å². The summed E-state index contributed by atoms with van der Waals surface area (Å²) < 4.78 is 53.7. The number of halogens is 2. The minimum Gasteiger partial charge on any atom is -0.368 e. The van der Waals surface area contributed by atoms with Gasteiger partial charge in [0.1, 0.15) is 9.79 Å². The van der Waals surface area contributed by atoms with Crippen LogP contribution >= 0.6 is 23.2 Å². The van der Waals surface area contributed by atoms with Crippen molar-refractivity contribution in [1.82, 2.24) is 4.72 Å². The Morgan fingerprint density at radius 1 is 0.875 bits per heavy atom.